The smallest absolute Gasteiger partial charge is 0.216 e. The van der Waals surface area contributed by atoms with Gasteiger partial charge in [-0.1, -0.05) is 37.8 Å². The molecule has 0 aliphatic carbocycles. The van der Waals surface area contributed by atoms with Crippen LogP contribution >= 0.6 is 0 Å². The Balaban J connectivity index is 0.000000235. The third kappa shape index (κ3) is 7.67. The van der Waals surface area contributed by atoms with Crippen LogP contribution in [0.2, 0.25) is 17.3 Å². The van der Waals surface area contributed by atoms with E-state index in [0.29, 0.717) is 27.8 Å². The summed E-state index contributed by atoms with van der Waals surface area (Å²) < 4.78 is 74.8. The molecular formula is C39H42FGeIrN3O-2. The topological polar surface area (TPSA) is 51.8 Å². The van der Waals surface area contributed by atoms with Crippen molar-refractivity contribution in [3.8, 4) is 22.5 Å². The summed E-state index contributed by atoms with van der Waals surface area (Å²) in [5.74, 6) is 5.82. The van der Waals surface area contributed by atoms with Gasteiger partial charge in [-0.05, 0) is 35.7 Å². The molecule has 0 fully saturated rings. The zero-order chi connectivity index (χ0) is 38.6. The minimum absolute atomic E-state index is 0. The number of halogens is 1. The molecule has 0 bridgehead atoms. The number of furan rings is 1. The fourth-order valence-electron chi connectivity index (χ4n) is 5.16. The fraction of sp³-hybridized carbons (Fsp3) is 0.308. The predicted molar refractivity (Wildman–Crippen MR) is 187 cm³/mol. The number of hydrogen-bond acceptors (Lipinski definition) is 4. The number of nitrogens with zero attached hydrogens (tertiary/aromatic N) is 3. The number of hydrogen-bond donors (Lipinski definition) is 0. The van der Waals surface area contributed by atoms with E-state index in [-0.39, 0.29) is 48.3 Å². The Bertz CT molecular complexity index is 2250. The maximum atomic E-state index is 14.3. The maximum absolute atomic E-state index is 14.3. The molecule has 0 aliphatic rings. The van der Waals surface area contributed by atoms with E-state index in [1.54, 1.807) is 30.3 Å². The van der Waals surface area contributed by atoms with Gasteiger partial charge in [0, 0.05) is 35.3 Å². The van der Waals surface area contributed by atoms with Gasteiger partial charge in [0.05, 0.1) is 11.8 Å². The van der Waals surface area contributed by atoms with Gasteiger partial charge in [0.2, 0.25) is 5.71 Å². The van der Waals surface area contributed by atoms with Crippen molar-refractivity contribution in [3.63, 3.8) is 0 Å². The first-order valence-electron chi connectivity index (χ1n) is 18.3. The maximum Gasteiger partial charge on any atom is 0.216 e. The molecule has 0 atom stereocenters. The standard InChI is InChI=1S/C21H18FN2O.C18H24GeN.Ir/c1-12-8-9-14-13-6-5-7-15(19(13)25-20(14)24-12)18-10-16(21(2,3)4)17(22)11-23-18;1-13(2)16-11-18(15-9-7-14(3)8-10-15)20-12-17(16)19(4,5)6;/h5-6,8-11H,1-4H3;7-9,11-13H,1-6H3;/q2*-1;/i1D3;3D3,13D;. The molecule has 0 spiro atoms. The Morgan fingerprint density at radius 3 is 2.33 bits per heavy atom. The molecule has 1 radical (unpaired) electrons. The van der Waals surface area contributed by atoms with Gasteiger partial charge < -0.3 is 9.40 Å². The van der Waals surface area contributed by atoms with Crippen LogP contribution < -0.4 is 4.40 Å². The number of aromatic nitrogens is 3. The molecule has 46 heavy (non-hydrogen) atoms. The van der Waals surface area contributed by atoms with E-state index in [0.717, 1.165) is 22.2 Å². The summed E-state index contributed by atoms with van der Waals surface area (Å²) in [5.41, 5.74) is 4.74. The molecule has 241 valence electrons. The van der Waals surface area contributed by atoms with Crippen LogP contribution in [0.5, 0.6) is 0 Å². The normalized spacial score (nSPS) is 14.8. The van der Waals surface area contributed by atoms with Crippen LogP contribution in [-0.4, -0.2) is 28.2 Å². The Morgan fingerprint density at radius 2 is 1.70 bits per heavy atom. The van der Waals surface area contributed by atoms with Crippen LogP contribution in [-0.2, 0) is 25.5 Å². The zero-order valence-corrected chi connectivity index (χ0v) is 31.8. The zero-order valence-electron chi connectivity index (χ0n) is 34.3. The molecule has 7 heteroatoms. The van der Waals surface area contributed by atoms with Crippen molar-refractivity contribution in [2.24, 2.45) is 0 Å². The van der Waals surface area contributed by atoms with Crippen molar-refractivity contribution in [3.05, 3.63) is 107 Å². The first-order valence-corrected chi connectivity index (χ1v) is 22.1. The third-order valence-electron chi connectivity index (χ3n) is 7.56. The second-order valence-electron chi connectivity index (χ2n) is 13.4. The van der Waals surface area contributed by atoms with Crippen molar-refractivity contribution in [2.45, 2.75) is 76.9 Å². The van der Waals surface area contributed by atoms with E-state index >= 15 is 0 Å². The Morgan fingerprint density at radius 1 is 0.935 bits per heavy atom. The number of benzene rings is 2. The number of fused-ring (bicyclic) bond motifs is 3. The molecule has 4 heterocycles. The van der Waals surface area contributed by atoms with E-state index in [1.165, 1.54) is 22.7 Å². The van der Waals surface area contributed by atoms with Crippen LogP contribution in [0.25, 0.3) is 44.6 Å². The van der Waals surface area contributed by atoms with E-state index in [1.807, 2.05) is 52.9 Å². The average molecular weight is 860 g/mol. The second-order valence-corrected chi connectivity index (χ2v) is 24.0. The molecule has 6 aromatic rings. The molecule has 6 rings (SSSR count). The molecule has 0 amide bonds. The summed E-state index contributed by atoms with van der Waals surface area (Å²) in [5, 5.41) is 1.48. The number of aryl methyl sites for hydroxylation is 2. The van der Waals surface area contributed by atoms with Gasteiger partial charge >= 0.3 is 131 Å². The summed E-state index contributed by atoms with van der Waals surface area (Å²) in [6, 6.07) is 21.4. The fourth-order valence-corrected chi connectivity index (χ4v) is 8.48. The summed E-state index contributed by atoms with van der Waals surface area (Å²) in [7, 11) is 0. The molecule has 2 aromatic carbocycles. The van der Waals surface area contributed by atoms with Gasteiger partial charge in [0.1, 0.15) is 5.82 Å². The van der Waals surface area contributed by atoms with E-state index in [9.17, 15) is 4.39 Å². The van der Waals surface area contributed by atoms with E-state index < -0.39 is 32.9 Å². The molecule has 0 aliphatic heterocycles. The number of rotatable bonds is 4. The minimum atomic E-state index is -2.32. The van der Waals surface area contributed by atoms with E-state index in [2.05, 4.69) is 44.4 Å². The predicted octanol–water partition coefficient (Wildman–Crippen LogP) is 10.1. The largest absolute Gasteiger partial charge is 0.486 e. The van der Waals surface area contributed by atoms with E-state index in [4.69, 9.17) is 14.0 Å². The molecular weight excluding hydrogens is 810 g/mol. The Hall–Kier alpha value is -3.19. The van der Waals surface area contributed by atoms with Crippen LogP contribution in [0, 0.1) is 31.7 Å². The van der Waals surface area contributed by atoms with Crippen molar-refractivity contribution < 1.29 is 38.5 Å². The third-order valence-corrected chi connectivity index (χ3v) is 11.8. The molecule has 4 nitrogen and oxygen atoms in total. The first-order chi connectivity index (χ1) is 23.9. The van der Waals surface area contributed by atoms with Crippen LogP contribution in [0.15, 0.2) is 71.4 Å². The summed E-state index contributed by atoms with van der Waals surface area (Å²) in [6.07, 6.45) is 3.11. The van der Waals surface area contributed by atoms with Crippen molar-refractivity contribution in [2.75, 3.05) is 0 Å². The molecule has 0 unspecified atom stereocenters. The van der Waals surface area contributed by atoms with Crippen molar-refractivity contribution in [1.82, 2.24) is 15.0 Å². The molecule has 0 saturated heterocycles. The second kappa shape index (κ2) is 13.9. The SMILES string of the molecule is [2H]C([2H])([2H])c1c[c-]c(-c2cc(C([2H])(C)C)[c]([Ge]([CH3])([CH3])[CH3])cn2)cc1.[2H]C([2H])([2H])c1ccc2c(n1)oc1c(-c3cc(C(C)(C)C)c(F)cn3)[c-]ccc12.[Ir]. The van der Waals surface area contributed by atoms with Gasteiger partial charge in [0.25, 0.3) is 0 Å². The molecule has 0 N–H and O–H groups in total. The van der Waals surface area contributed by atoms with Gasteiger partial charge in [-0.3, -0.25) is 0 Å². The van der Waals surface area contributed by atoms with Gasteiger partial charge in [-0.2, -0.15) is 0 Å². The minimum Gasteiger partial charge on any atom is -0.486 e. The van der Waals surface area contributed by atoms with Crippen LogP contribution in [0.3, 0.4) is 0 Å². The number of pyridine rings is 3. The first kappa shape index (κ1) is 26.8. The average Bonchev–Trinajstić information content (AvgIpc) is 3.41. The van der Waals surface area contributed by atoms with Gasteiger partial charge in [0.15, 0.2) is 0 Å². The van der Waals surface area contributed by atoms with Gasteiger partial charge in [-0.15, -0.1) is 18.2 Å². The van der Waals surface area contributed by atoms with Crippen molar-refractivity contribution >= 4 is 39.7 Å². The quantitative estimate of drug-likeness (QED) is 0.131. The molecule has 0 saturated carbocycles. The summed E-state index contributed by atoms with van der Waals surface area (Å²) >= 11 is -2.14. The summed E-state index contributed by atoms with van der Waals surface area (Å²) in [4.78, 5) is 13.0. The van der Waals surface area contributed by atoms with Crippen LogP contribution in [0.4, 0.5) is 4.39 Å². The Labute approximate surface area is 298 Å². The van der Waals surface area contributed by atoms with Crippen LogP contribution in [0.1, 0.15) is 72.5 Å². The monoisotopic (exact) mass is 861 g/mol. The molecule has 4 aromatic heterocycles. The van der Waals surface area contributed by atoms with Crippen molar-refractivity contribution in [1.29, 1.82) is 0 Å². The summed E-state index contributed by atoms with van der Waals surface area (Å²) in [6.45, 7) is 5.14. The Kier molecular flexibility index (Phi) is 8.10. The van der Waals surface area contributed by atoms with Gasteiger partial charge in [-0.25, -0.2) is 9.37 Å².